The van der Waals surface area contributed by atoms with E-state index < -0.39 is 5.91 Å². The second kappa shape index (κ2) is 7.95. The maximum absolute atomic E-state index is 15.5. The fraction of sp³-hybridized carbons (Fsp3) is 0.185. The van der Waals surface area contributed by atoms with Gasteiger partial charge in [-0.3, -0.25) is 9.59 Å². The van der Waals surface area contributed by atoms with Gasteiger partial charge >= 0.3 is 0 Å². The van der Waals surface area contributed by atoms with Crippen LogP contribution in [0.15, 0.2) is 54.7 Å². The predicted octanol–water partition coefficient (Wildman–Crippen LogP) is 4.10. The number of halogens is 1. The Kier molecular flexibility index (Phi) is 4.86. The zero-order valence-electron chi connectivity index (χ0n) is 19.2. The Labute approximate surface area is 200 Å². The molecular formula is C27H24FN5O2. The van der Waals surface area contributed by atoms with Crippen LogP contribution < -0.4 is 5.73 Å². The molecule has 7 nitrogen and oxygen atoms in total. The van der Waals surface area contributed by atoms with Gasteiger partial charge in [0.15, 0.2) is 5.82 Å². The van der Waals surface area contributed by atoms with Gasteiger partial charge in [0.2, 0.25) is 0 Å². The highest BCUT2D eigenvalue weighted by molar-refractivity contribution is 6.20. The molecular weight excluding hydrogens is 445 g/mol. The minimum absolute atomic E-state index is 0.0303. The van der Waals surface area contributed by atoms with Gasteiger partial charge in [-0.05, 0) is 36.9 Å². The van der Waals surface area contributed by atoms with Gasteiger partial charge in [0.05, 0.1) is 16.6 Å². The number of nitrogens with zero attached hydrogens (tertiary/aromatic N) is 2. The van der Waals surface area contributed by atoms with Gasteiger partial charge in [0.25, 0.3) is 11.8 Å². The lowest BCUT2D eigenvalue weighted by molar-refractivity contribution is 0.0664. The molecule has 2 aromatic heterocycles. The summed E-state index contributed by atoms with van der Waals surface area (Å²) >= 11 is 0. The number of carbonyl (C=O) groups excluding carboxylic acids is 2. The number of fused-ring (bicyclic) bond motifs is 4. The van der Waals surface area contributed by atoms with E-state index in [1.165, 1.54) is 0 Å². The van der Waals surface area contributed by atoms with Crippen LogP contribution in [0.3, 0.4) is 0 Å². The Morgan fingerprint density at radius 1 is 0.943 bits per heavy atom. The second-order valence-electron chi connectivity index (χ2n) is 9.12. The number of amides is 2. The van der Waals surface area contributed by atoms with Crippen molar-refractivity contribution in [3.63, 3.8) is 0 Å². The number of hydrogen-bond donors (Lipinski definition) is 3. The van der Waals surface area contributed by atoms with Gasteiger partial charge in [0.1, 0.15) is 0 Å². The van der Waals surface area contributed by atoms with Crippen molar-refractivity contribution in [2.75, 3.05) is 33.2 Å². The first kappa shape index (κ1) is 21.4. The molecule has 0 unspecified atom stereocenters. The number of H-pyrrole nitrogens is 2. The smallest absolute Gasteiger partial charge is 0.254 e. The number of piperazine rings is 1. The molecule has 1 aliphatic heterocycles. The van der Waals surface area contributed by atoms with Gasteiger partial charge in [-0.15, -0.1) is 0 Å². The van der Waals surface area contributed by atoms with Crippen molar-refractivity contribution in [3.8, 4) is 11.1 Å². The number of aromatic nitrogens is 2. The van der Waals surface area contributed by atoms with E-state index >= 15 is 4.39 Å². The maximum Gasteiger partial charge on any atom is 0.254 e. The number of nitrogens with two attached hydrogens (primary N) is 1. The van der Waals surface area contributed by atoms with E-state index in [-0.39, 0.29) is 11.7 Å². The van der Waals surface area contributed by atoms with Gasteiger partial charge in [-0.1, -0.05) is 24.3 Å². The first-order valence-electron chi connectivity index (χ1n) is 11.5. The number of nitrogens with one attached hydrogen (secondary N) is 2. The minimum atomic E-state index is -0.581. The van der Waals surface area contributed by atoms with Crippen LogP contribution in [0.25, 0.3) is 43.8 Å². The molecule has 0 bridgehead atoms. The minimum Gasteiger partial charge on any atom is -0.366 e. The molecule has 1 saturated heterocycles. The molecule has 5 aromatic rings. The molecule has 8 heteroatoms. The van der Waals surface area contributed by atoms with Crippen LogP contribution in [0, 0.1) is 5.82 Å². The Hall–Kier alpha value is -4.17. The predicted molar refractivity (Wildman–Crippen MR) is 135 cm³/mol. The van der Waals surface area contributed by atoms with Gasteiger partial charge in [-0.2, -0.15) is 0 Å². The van der Waals surface area contributed by atoms with Crippen molar-refractivity contribution >= 4 is 44.5 Å². The number of aromatic amines is 2. The maximum atomic E-state index is 15.5. The van der Waals surface area contributed by atoms with Crippen molar-refractivity contribution in [1.82, 2.24) is 19.8 Å². The van der Waals surface area contributed by atoms with Crippen molar-refractivity contribution in [2.45, 2.75) is 0 Å². The lowest BCUT2D eigenvalue weighted by atomic mass is 9.95. The summed E-state index contributed by atoms with van der Waals surface area (Å²) in [6.07, 6.45) is 1.70. The molecule has 6 rings (SSSR count). The summed E-state index contributed by atoms with van der Waals surface area (Å²) < 4.78 is 15.5. The van der Waals surface area contributed by atoms with E-state index in [1.807, 2.05) is 30.1 Å². The van der Waals surface area contributed by atoms with Crippen LogP contribution in [0.4, 0.5) is 4.39 Å². The molecule has 0 saturated carbocycles. The molecule has 0 spiro atoms. The molecule has 2 amide bonds. The third-order valence-electron chi connectivity index (χ3n) is 7.01. The van der Waals surface area contributed by atoms with E-state index in [0.29, 0.717) is 57.3 Å². The number of hydrogen-bond acceptors (Lipinski definition) is 3. The summed E-state index contributed by atoms with van der Waals surface area (Å²) in [4.78, 5) is 35.6. The van der Waals surface area contributed by atoms with Crippen LogP contribution in [0.1, 0.15) is 20.7 Å². The molecule has 3 aromatic carbocycles. The van der Waals surface area contributed by atoms with Crippen molar-refractivity contribution in [3.05, 3.63) is 71.7 Å². The third-order valence-corrected chi connectivity index (χ3v) is 7.01. The molecule has 0 atom stereocenters. The zero-order chi connectivity index (χ0) is 24.3. The van der Waals surface area contributed by atoms with E-state index in [0.717, 1.165) is 23.9 Å². The quantitative estimate of drug-likeness (QED) is 0.371. The Morgan fingerprint density at radius 2 is 1.71 bits per heavy atom. The SMILES string of the molecule is CN1CCN(C(=O)c2ccc3c(c2)[nH]c2c(C(N)=O)ccc(-c4ccc5cc[nH]c5c4F)c23)CC1. The average Bonchev–Trinajstić information content (AvgIpc) is 3.49. The van der Waals surface area contributed by atoms with E-state index in [1.54, 1.807) is 36.5 Å². The Morgan fingerprint density at radius 3 is 2.49 bits per heavy atom. The normalized spacial score (nSPS) is 14.9. The lowest BCUT2D eigenvalue weighted by Crippen LogP contribution is -2.47. The fourth-order valence-corrected chi connectivity index (χ4v) is 5.07. The molecule has 176 valence electrons. The summed E-state index contributed by atoms with van der Waals surface area (Å²) in [7, 11) is 2.04. The molecule has 3 heterocycles. The summed E-state index contributed by atoms with van der Waals surface area (Å²) in [6, 6.07) is 14.2. The third kappa shape index (κ3) is 3.37. The van der Waals surface area contributed by atoms with Crippen LogP contribution >= 0.6 is 0 Å². The van der Waals surface area contributed by atoms with E-state index in [2.05, 4.69) is 14.9 Å². The summed E-state index contributed by atoms with van der Waals surface area (Å²) in [6.45, 7) is 3.03. The largest absolute Gasteiger partial charge is 0.366 e. The van der Waals surface area contributed by atoms with Crippen LogP contribution in [-0.2, 0) is 0 Å². The average molecular weight is 470 g/mol. The van der Waals surface area contributed by atoms with Crippen LogP contribution in [0.5, 0.6) is 0 Å². The van der Waals surface area contributed by atoms with Crippen molar-refractivity contribution in [2.24, 2.45) is 5.73 Å². The number of rotatable bonds is 3. The number of carbonyl (C=O) groups is 2. The molecule has 1 aliphatic rings. The molecule has 0 radical (unpaired) electrons. The van der Waals surface area contributed by atoms with Gasteiger partial charge < -0.3 is 25.5 Å². The second-order valence-corrected chi connectivity index (χ2v) is 9.12. The van der Waals surface area contributed by atoms with Crippen molar-refractivity contribution in [1.29, 1.82) is 0 Å². The molecule has 35 heavy (non-hydrogen) atoms. The Bertz CT molecular complexity index is 1640. The monoisotopic (exact) mass is 469 g/mol. The highest BCUT2D eigenvalue weighted by Gasteiger charge is 2.23. The Balaban J connectivity index is 1.54. The van der Waals surface area contributed by atoms with Gasteiger partial charge in [-0.25, -0.2) is 4.39 Å². The standard InChI is InChI=1S/C27H24FN5O2/c1-32-10-12-33(13-11-32)27(35)16-3-5-19-21(14-16)31-25-20(26(29)34)7-6-17(22(19)25)18-4-2-15-8-9-30-24(15)23(18)28/h2-9,14,30-31H,10-13H2,1H3,(H2,29,34). The number of benzene rings is 3. The first-order valence-corrected chi connectivity index (χ1v) is 11.5. The molecule has 0 aliphatic carbocycles. The molecule has 1 fully saturated rings. The van der Waals surface area contributed by atoms with E-state index in [4.69, 9.17) is 5.73 Å². The number of likely N-dealkylation sites (N-methyl/N-ethyl adjacent to an activating group) is 1. The highest BCUT2D eigenvalue weighted by Crippen LogP contribution is 2.39. The summed E-state index contributed by atoms with van der Waals surface area (Å²) in [5.41, 5.74) is 9.25. The van der Waals surface area contributed by atoms with Crippen molar-refractivity contribution < 1.29 is 14.0 Å². The van der Waals surface area contributed by atoms with Crippen LogP contribution in [0.2, 0.25) is 0 Å². The molecule has 4 N–H and O–H groups in total. The lowest BCUT2D eigenvalue weighted by Gasteiger charge is -2.32. The zero-order valence-corrected chi connectivity index (χ0v) is 19.2. The summed E-state index contributed by atoms with van der Waals surface area (Å²) in [5.74, 6) is -0.976. The number of primary amides is 1. The van der Waals surface area contributed by atoms with Crippen LogP contribution in [-0.4, -0.2) is 64.8 Å². The fourth-order valence-electron chi connectivity index (χ4n) is 5.07. The first-order chi connectivity index (χ1) is 16.9. The topological polar surface area (TPSA) is 98.2 Å². The highest BCUT2D eigenvalue weighted by atomic mass is 19.1. The van der Waals surface area contributed by atoms with Gasteiger partial charge in [0, 0.05) is 65.2 Å². The van der Waals surface area contributed by atoms with E-state index in [9.17, 15) is 9.59 Å². The summed E-state index contributed by atoms with van der Waals surface area (Å²) in [5, 5.41) is 2.26.